The quantitative estimate of drug-likeness (QED) is 0.570. The van der Waals surface area contributed by atoms with E-state index in [1.165, 1.54) is 18.3 Å². The molecule has 27 heavy (non-hydrogen) atoms. The van der Waals surface area contributed by atoms with Gasteiger partial charge in [-0.15, -0.1) is 0 Å². The van der Waals surface area contributed by atoms with Gasteiger partial charge in [-0.25, -0.2) is 4.98 Å². The summed E-state index contributed by atoms with van der Waals surface area (Å²) in [5, 5.41) is 14.2. The van der Waals surface area contributed by atoms with Crippen LogP contribution in [0.3, 0.4) is 0 Å². The Kier molecular flexibility index (Phi) is 5.70. The SMILES string of the molecule is CC(=O)Nc1sc(/C(C#N)=C\c2ccc(Cl)cc2)nc1-c1ccc(C)cc1. The zero-order valence-electron chi connectivity index (χ0n) is 14.8. The van der Waals surface area contributed by atoms with E-state index in [2.05, 4.69) is 16.4 Å². The number of aromatic nitrogens is 1. The fourth-order valence-corrected chi connectivity index (χ4v) is 3.58. The van der Waals surface area contributed by atoms with Crippen molar-refractivity contribution in [2.24, 2.45) is 0 Å². The van der Waals surface area contributed by atoms with Crippen LogP contribution in [-0.4, -0.2) is 10.9 Å². The molecular weight excluding hydrogens is 378 g/mol. The van der Waals surface area contributed by atoms with Gasteiger partial charge in [-0.1, -0.05) is 64.9 Å². The van der Waals surface area contributed by atoms with Crippen LogP contribution < -0.4 is 5.32 Å². The monoisotopic (exact) mass is 393 g/mol. The summed E-state index contributed by atoms with van der Waals surface area (Å²) in [5.41, 5.74) is 3.95. The van der Waals surface area contributed by atoms with Crippen molar-refractivity contribution in [1.82, 2.24) is 4.98 Å². The normalized spacial score (nSPS) is 11.1. The number of rotatable bonds is 4. The van der Waals surface area contributed by atoms with Crippen molar-refractivity contribution in [2.75, 3.05) is 5.32 Å². The Hall–Kier alpha value is -2.94. The second-order valence-corrected chi connectivity index (χ2v) is 7.40. The van der Waals surface area contributed by atoms with Gasteiger partial charge in [0.05, 0.1) is 5.57 Å². The first kappa shape index (κ1) is 18.8. The van der Waals surface area contributed by atoms with E-state index in [1.807, 2.05) is 43.3 Å². The van der Waals surface area contributed by atoms with E-state index >= 15 is 0 Å². The molecule has 3 rings (SSSR count). The minimum absolute atomic E-state index is 0.182. The molecule has 1 heterocycles. The average molecular weight is 394 g/mol. The van der Waals surface area contributed by atoms with E-state index in [-0.39, 0.29) is 5.91 Å². The van der Waals surface area contributed by atoms with Crippen LogP contribution in [0.4, 0.5) is 5.00 Å². The van der Waals surface area contributed by atoms with Crippen LogP contribution in [-0.2, 0) is 4.79 Å². The number of carbonyl (C=O) groups excluding carboxylic acids is 1. The molecule has 0 atom stereocenters. The molecule has 0 saturated carbocycles. The first-order valence-electron chi connectivity index (χ1n) is 8.19. The lowest BCUT2D eigenvalue weighted by molar-refractivity contribution is -0.114. The van der Waals surface area contributed by atoms with E-state index in [0.29, 0.717) is 26.3 Å². The molecular formula is C21H16ClN3OS. The number of allylic oxidation sites excluding steroid dienone is 1. The highest BCUT2D eigenvalue weighted by Crippen LogP contribution is 2.36. The second-order valence-electron chi connectivity index (χ2n) is 5.97. The van der Waals surface area contributed by atoms with Crippen LogP contribution in [0.5, 0.6) is 0 Å². The number of hydrogen-bond acceptors (Lipinski definition) is 4. The van der Waals surface area contributed by atoms with Crippen molar-refractivity contribution in [3.8, 4) is 17.3 Å². The Morgan fingerprint density at radius 1 is 1.19 bits per heavy atom. The van der Waals surface area contributed by atoms with Crippen molar-refractivity contribution >= 4 is 45.5 Å². The molecule has 0 aliphatic carbocycles. The third-order valence-corrected chi connectivity index (χ3v) is 5.03. The van der Waals surface area contributed by atoms with Crippen LogP contribution >= 0.6 is 22.9 Å². The fourth-order valence-electron chi connectivity index (χ4n) is 2.45. The number of nitrogens with zero attached hydrogens (tertiary/aromatic N) is 2. The molecule has 0 unspecified atom stereocenters. The number of benzene rings is 2. The standard InChI is InChI=1S/C21H16ClN3OS/c1-13-3-7-16(8-4-13)19-21(24-14(2)26)27-20(25-19)17(12-23)11-15-5-9-18(22)10-6-15/h3-11H,1-2H3,(H,24,26)/b17-11-. The van der Waals surface area contributed by atoms with Gasteiger partial charge >= 0.3 is 0 Å². The predicted octanol–water partition coefficient (Wildman–Crippen LogP) is 5.79. The third kappa shape index (κ3) is 4.62. The summed E-state index contributed by atoms with van der Waals surface area (Å²) in [6.07, 6.45) is 1.76. The van der Waals surface area contributed by atoms with Crippen LogP contribution in [0.25, 0.3) is 22.9 Å². The van der Waals surface area contributed by atoms with E-state index in [9.17, 15) is 10.1 Å². The Morgan fingerprint density at radius 2 is 1.85 bits per heavy atom. The first-order chi connectivity index (χ1) is 13.0. The van der Waals surface area contributed by atoms with Gasteiger partial charge in [-0.3, -0.25) is 4.79 Å². The highest BCUT2D eigenvalue weighted by atomic mass is 35.5. The molecule has 0 aliphatic heterocycles. The van der Waals surface area contributed by atoms with Gasteiger partial charge in [0.1, 0.15) is 21.8 Å². The molecule has 2 aromatic carbocycles. The Bertz CT molecular complexity index is 1040. The van der Waals surface area contributed by atoms with Crippen LogP contribution in [0.1, 0.15) is 23.1 Å². The molecule has 0 radical (unpaired) electrons. The van der Waals surface area contributed by atoms with Crippen molar-refractivity contribution in [3.05, 3.63) is 69.7 Å². The van der Waals surface area contributed by atoms with E-state index < -0.39 is 0 Å². The van der Waals surface area contributed by atoms with Gasteiger partial charge in [0.25, 0.3) is 0 Å². The third-order valence-electron chi connectivity index (χ3n) is 3.77. The number of aryl methyl sites for hydroxylation is 1. The fraction of sp³-hybridized carbons (Fsp3) is 0.0952. The molecule has 1 amide bonds. The highest BCUT2D eigenvalue weighted by Gasteiger charge is 2.17. The topological polar surface area (TPSA) is 65.8 Å². The number of amides is 1. The summed E-state index contributed by atoms with van der Waals surface area (Å²) >= 11 is 7.20. The predicted molar refractivity (Wildman–Crippen MR) is 112 cm³/mol. The summed E-state index contributed by atoms with van der Waals surface area (Å²) in [4.78, 5) is 16.2. The van der Waals surface area contributed by atoms with E-state index in [4.69, 9.17) is 11.6 Å². The molecule has 3 aromatic rings. The zero-order chi connectivity index (χ0) is 19.4. The molecule has 0 bridgehead atoms. The van der Waals surface area contributed by atoms with Crippen molar-refractivity contribution < 1.29 is 4.79 Å². The Morgan fingerprint density at radius 3 is 2.44 bits per heavy atom. The Balaban J connectivity index is 2.06. The van der Waals surface area contributed by atoms with Crippen LogP contribution in [0.15, 0.2) is 48.5 Å². The molecule has 1 aromatic heterocycles. The first-order valence-corrected chi connectivity index (χ1v) is 9.39. The van der Waals surface area contributed by atoms with Gasteiger partial charge in [0.15, 0.2) is 0 Å². The van der Waals surface area contributed by atoms with E-state index in [1.54, 1.807) is 18.2 Å². The van der Waals surface area contributed by atoms with Crippen LogP contribution in [0.2, 0.25) is 5.02 Å². The van der Waals surface area contributed by atoms with Gasteiger partial charge in [0.2, 0.25) is 5.91 Å². The Labute approximate surface area is 166 Å². The van der Waals surface area contributed by atoms with Gasteiger partial charge in [0, 0.05) is 17.5 Å². The number of hydrogen-bond donors (Lipinski definition) is 1. The number of nitriles is 1. The minimum atomic E-state index is -0.182. The highest BCUT2D eigenvalue weighted by molar-refractivity contribution is 7.17. The zero-order valence-corrected chi connectivity index (χ0v) is 16.4. The number of nitrogens with one attached hydrogen (secondary N) is 1. The number of anilines is 1. The summed E-state index contributed by atoms with van der Waals surface area (Å²) in [6, 6.07) is 17.3. The molecule has 0 aliphatic rings. The van der Waals surface area contributed by atoms with Gasteiger partial charge in [-0.05, 0) is 30.7 Å². The largest absolute Gasteiger partial charge is 0.316 e. The van der Waals surface area contributed by atoms with Gasteiger partial charge < -0.3 is 5.32 Å². The maximum Gasteiger partial charge on any atom is 0.221 e. The van der Waals surface area contributed by atoms with Crippen molar-refractivity contribution in [3.63, 3.8) is 0 Å². The number of thiazole rings is 1. The molecule has 6 heteroatoms. The minimum Gasteiger partial charge on any atom is -0.316 e. The van der Waals surface area contributed by atoms with E-state index in [0.717, 1.165) is 16.7 Å². The maximum atomic E-state index is 11.6. The maximum absolute atomic E-state index is 11.6. The lowest BCUT2D eigenvalue weighted by Crippen LogP contribution is -2.05. The molecule has 0 saturated heterocycles. The molecule has 134 valence electrons. The second kappa shape index (κ2) is 8.17. The van der Waals surface area contributed by atoms with Crippen LogP contribution in [0, 0.1) is 18.3 Å². The summed E-state index contributed by atoms with van der Waals surface area (Å²) in [5.74, 6) is -0.182. The van der Waals surface area contributed by atoms with Crippen molar-refractivity contribution in [1.29, 1.82) is 5.26 Å². The van der Waals surface area contributed by atoms with Gasteiger partial charge in [-0.2, -0.15) is 5.26 Å². The smallest absolute Gasteiger partial charge is 0.221 e. The number of halogens is 1. The number of carbonyl (C=O) groups is 1. The summed E-state index contributed by atoms with van der Waals surface area (Å²) in [6.45, 7) is 3.46. The molecule has 0 fully saturated rings. The average Bonchev–Trinajstić information content (AvgIpc) is 3.04. The lowest BCUT2D eigenvalue weighted by atomic mass is 10.1. The molecule has 4 nitrogen and oxygen atoms in total. The van der Waals surface area contributed by atoms with Crippen molar-refractivity contribution in [2.45, 2.75) is 13.8 Å². The summed E-state index contributed by atoms with van der Waals surface area (Å²) in [7, 11) is 0. The molecule has 0 spiro atoms. The molecule has 1 N–H and O–H groups in total. The summed E-state index contributed by atoms with van der Waals surface area (Å²) < 4.78 is 0. The lowest BCUT2D eigenvalue weighted by Gasteiger charge is -2.03.